The van der Waals surface area contributed by atoms with Crippen molar-refractivity contribution in [3.63, 3.8) is 0 Å². The molecule has 2 aliphatic rings. The van der Waals surface area contributed by atoms with Gasteiger partial charge in [-0.05, 0) is 33.1 Å². The molecule has 0 radical (unpaired) electrons. The summed E-state index contributed by atoms with van der Waals surface area (Å²) in [6.45, 7) is 5.73. The molecule has 5 heteroatoms. The minimum absolute atomic E-state index is 0.218. The first-order valence-corrected chi connectivity index (χ1v) is 7.34. The van der Waals surface area contributed by atoms with Gasteiger partial charge in [0.1, 0.15) is 18.3 Å². The number of aliphatic hydroxyl groups is 1. The molecule has 0 unspecified atom stereocenters. The quantitative estimate of drug-likeness (QED) is 0.620. The van der Waals surface area contributed by atoms with Crippen molar-refractivity contribution in [2.75, 3.05) is 0 Å². The van der Waals surface area contributed by atoms with E-state index < -0.39 is 24.0 Å². The first kappa shape index (κ1) is 15.5. The van der Waals surface area contributed by atoms with Crippen LogP contribution < -0.4 is 0 Å². The molecule has 0 amide bonds. The van der Waals surface area contributed by atoms with Crippen molar-refractivity contribution in [2.45, 2.75) is 76.7 Å². The molecule has 2 rings (SSSR count). The Morgan fingerprint density at radius 1 is 1.40 bits per heavy atom. The topological polar surface area (TPSA) is 65.0 Å². The Hall–Kier alpha value is -0.910. The molecule has 0 aromatic carbocycles. The van der Waals surface area contributed by atoms with E-state index in [4.69, 9.17) is 14.2 Å². The molecule has 114 valence electrons. The molecule has 2 aliphatic heterocycles. The number of hydrogen-bond acceptors (Lipinski definition) is 5. The fraction of sp³-hybridized carbons (Fsp3) is 0.800. The fourth-order valence-corrected chi connectivity index (χ4v) is 2.66. The molecular weight excluding hydrogens is 260 g/mol. The van der Waals surface area contributed by atoms with E-state index in [-0.39, 0.29) is 12.2 Å². The van der Waals surface area contributed by atoms with E-state index in [1.54, 1.807) is 0 Å². The van der Waals surface area contributed by atoms with E-state index in [9.17, 15) is 9.90 Å². The number of allylic oxidation sites excluding steroid dienone is 1. The minimum Gasteiger partial charge on any atom is -0.458 e. The summed E-state index contributed by atoms with van der Waals surface area (Å²) in [5.41, 5.74) is 0. The van der Waals surface area contributed by atoms with Crippen molar-refractivity contribution in [1.82, 2.24) is 0 Å². The Bertz CT molecular complexity index is 376. The first-order valence-electron chi connectivity index (χ1n) is 7.34. The van der Waals surface area contributed by atoms with E-state index in [2.05, 4.69) is 0 Å². The van der Waals surface area contributed by atoms with Crippen molar-refractivity contribution >= 4 is 5.97 Å². The van der Waals surface area contributed by atoms with Crippen LogP contribution in [0.2, 0.25) is 0 Å². The van der Waals surface area contributed by atoms with Gasteiger partial charge >= 0.3 is 5.97 Å². The molecule has 0 aromatic heterocycles. The Labute approximate surface area is 119 Å². The third kappa shape index (κ3) is 3.59. The van der Waals surface area contributed by atoms with Crippen molar-refractivity contribution in [3.8, 4) is 0 Å². The minimum atomic E-state index is -1.06. The summed E-state index contributed by atoms with van der Waals surface area (Å²) in [7, 11) is 0. The van der Waals surface area contributed by atoms with Crippen LogP contribution in [0.1, 0.15) is 46.5 Å². The summed E-state index contributed by atoms with van der Waals surface area (Å²) in [5.74, 6) is -1.25. The molecule has 1 saturated heterocycles. The summed E-state index contributed by atoms with van der Waals surface area (Å²) < 4.78 is 17.2. The van der Waals surface area contributed by atoms with Crippen LogP contribution in [-0.2, 0) is 19.0 Å². The van der Waals surface area contributed by atoms with Crippen LogP contribution in [0.3, 0.4) is 0 Å². The average molecular weight is 284 g/mol. The number of carbonyl (C=O) groups excluding carboxylic acids is 1. The van der Waals surface area contributed by atoms with Crippen molar-refractivity contribution in [3.05, 3.63) is 12.2 Å². The molecule has 0 aromatic rings. The Morgan fingerprint density at radius 3 is 2.85 bits per heavy atom. The number of aliphatic hydroxyl groups excluding tert-OH is 1. The molecule has 0 spiro atoms. The van der Waals surface area contributed by atoms with Gasteiger partial charge < -0.3 is 19.3 Å². The van der Waals surface area contributed by atoms with Gasteiger partial charge in [-0.3, -0.25) is 0 Å². The van der Waals surface area contributed by atoms with Gasteiger partial charge in [0.2, 0.25) is 0 Å². The molecule has 4 atom stereocenters. The second-order valence-electron chi connectivity index (χ2n) is 5.85. The van der Waals surface area contributed by atoms with Gasteiger partial charge in [-0.25, -0.2) is 4.79 Å². The molecule has 0 bridgehead atoms. The van der Waals surface area contributed by atoms with Gasteiger partial charge in [-0.2, -0.15) is 0 Å². The van der Waals surface area contributed by atoms with Crippen molar-refractivity contribution in [1.29, 1.82) is 0 Å². The van der Waals surface area contributed by atoms with E-state index in [0.29, 0.717) is 19.3 Å². The van der Waals surface area contributed by atoms with Gasteiger partial charge in [0.15, 0.2) is 11.9 Å². The number of cyclic esters (lactones) is 1. The maximum Gasteiger partial charge on any atom is 0.335 e. The number of hydrogen-bond donors (Lipinski definition) is 1. The summed E-state index contributed by atoms with van der Waals surface area (Å²) >= 11 is 0. The zero-order valence-electron chi connectivity index (χ0n) is 12.4. The maximum absolute atomic E-state index is 11.9. The summed E-state index contributed by atoms with van der Waals surface area (Å²) in [4.78, 5) is 11.9. The highest BCUT2D eigenvalue weighted by molar-refractivity contribution is 5.74. The maximum atomic E-state index is 11.9. The lowest BCUT2D eigenvalue weighted by molar-refractivity contribution is -0.177. The van der Waals surface area contributed by atoms with Crippen LogP contribution >= 0.6 is 0 Å². The monoisotopic (exact) mass is 284 g/mol. The van der Waals surface area contributed by atoms with E-state index >= 15 is 0 Å². The summed E-state index contributed by atoms with van der Waals surface area (Å²) in [6, 6.07) is 0. The molecule has 0 saturated carbocycles. The lowest BCUT2D eigenvalue weighted by atomic mass is 10.0. The van der Waals surface area contributed by atoms with Crippen molar-refractivity contribution in [2.24, 2.45) is 0 Å². The third-order valence-corrected chi connectivity index (χ3v) is 3.58. The van der Waals surface area contributed by atoms with Gasteiger partial charge in [0.25, 0.3) is 0 Å². The first-order chi connectivity index (χ1) is 9.43. The molecule has 5 nitrogen and oxygen atoms in total. The van der Waals surface area contributed by atoms with E-state index in [1.165, 1.54) is 0 Å². The van der Waals surface area contributed by atoms with Gasteiger partial charge in [0, 0.05) is 0 Å². The second-order valence-corrected chi connectivity index (χ2v) is 5.85. The van der Waals surface area contributed by atoms with E-state index in [1.807, 2.05) is 32.9 Å². The highest BCUT2D eigenvalue weighted by Gasteiger charge is 2.45. The van der Waals surface area contributed by atoms with Gasteiger partial charge in [-0.1, -0.05) is 25.5 Å². The Morgan fingerprint density at radius 2 is 2.15 bits per heavy atom. The third-order valence-electron chi connectivity index (χ3n) is 3.58. The normalized spacial score (nSPS) is 38.9. The largest absolute Gasteiger partial charge is 0.458 e. The fourth-order valence-electron chi connectivity index (χ4n) is 2.66. The smallest absolute Gasteiger partial charge is 0.335 e. The van der Waals surface area contributed by atoms with Crippen molar-refractivity contribution < 1.29 is 24.1 Å². The zero-order chi connectivity index (χ0) is 14.8. The molecular formula is C15H24O5. The molecule has 2 heterocycles. The highest BCUT2D eigenvalue weighted by atomic mass is 16.8. The molecule has 0 aliphatic carbocycles. The predicted molar refractivity (Wildman–Crippen MR) is 73.0 cm³/mol. The van der Waals surface area contributed by atoms with Crippen LogP contribution in [0.25, 0.3) is 0 Å². The van der Waals surface area contributed by atoms with Crippen LogP contribution in [-0.4, -0.2) is 41.3 Å². The number of carbonyl (C=O) groups is 1. The number of fused-ring (bicyclic) bond motifs is 1. The zero-order valence-corrected chi connectivity index (χ0v) is 12.4. The Balaban J connectivity index is 2.22. The van der Waals surface area contributed by atoms with Crippen LogP contribution in [0.5, 0.6) is 0 Å². The molecule has 1 N–H and O–H groups in total. The summed E-state index contributed by atoms with van der Waals surface area (Å²) in [6.07, 6.45) is 4.43. The van der Waals surface area contributed by atoms with Crippen LogP contribution in [0, 0.1) is 0 Å². The highest BCUT2D eigenvalue weighted by Crippen LogP contribution is 2.33. The SMILES string of the molecule is CCC[C@@H]1OC(=O)[C@@H](O)CC/C=C/[C@H]2OC(C)(C)O[C@@H]12. The summed E-state index contributed by atoms with van der Waals surface area (Å²) in [5, 5.41) is 9.75. The molecule has 20 heavy (non-hydrogen) atoms. The molecule has 1 fully saturated rings. The number of esters is 1. The van der Waals surface area contributed by atoms with Crippen LogP contribution in [0.15, 0.2) is 12.2 Å². The van der Waals surface area contributed by atoms with Crippen LogP contribution in [0.4, 0.5) is 0 Å². The lowest BCUT2D eigenvalue weighted by Gasteiger charge is -2.27. The second kappa shape index (κ2) is 6.24. The standard InChI is InChI=1S/C15H24O5/c1-4-7-11-13-12(19-15(2,3)20-13)9-6-5-8-10(16)14(17)18-11/h6,9-13,16H,4-5,7-8H2,1-3H3/b9-6+/t10-,11-,12+,13-/m0/s1. The van der Waals surface area contributed by atoms with E-state index in [0.717, 1.165) is 6.42 Å². The number of ether oxygens (including phenoxy) is 3. The predicted octanol–water partition coefficient (Wildman–Crippen LogP) is 1.93. The van der Waals surface area contributed by atoms with Gasteiger partial charge in [-0.15, -0.1) is 0 Å². The average Bonchev–Trinajstić information content (AvgIpc) is 2.68. The number of rotatable bonds is 2. The van der Waals surface area contributed by atoms with Gasteiger partial charge in [0.05, 0.1) is 0 Å². The lowest BCUT2D eigenvalue weighted by Crippen LogP contribution is -2.40. The Kier molecular flexibility index (Phi) is 4.83.